The van der Waals surface area contributed by atoms with Crippen LogP contribution in [0, 0.1) is 5.82 Å². The third-order valence-electron chi connectivity index (χ3n) is 6.46. The molecule has 39 heavy (non-hydrogen) atoms. The van der Waals surface area contributed by atoms with Crippen molar-refractivity contribution in [3.8, 4) is 0 Å². The van der Waals surface area contributed by atoms with E-state index in [9.17, 15) is 22.8 Å². The normalized spacial score (nSPS) is 12.2. The second-order valence-electron chi connectivity index (χ2n) is 9.17. The van der Waals surface area contributed by atoms with Crippen LogP contribution in [-0.2, 0) is 27.7 Å². The summed E-state index contributed by atoms with van der Waals surface area (Å²) in [6.07, 6.45) is -0.0633. The third-order valence-corrected chi connectivity index (χ3v) is 6.46. The molecule has 3 aromatic rings. The Morgan fingerprint density at radius 2 is 1.85 bits per heavy atom. The van der Waals surface area contributed by atoms with Crippen LogP contribution in [0.4, 0.5) is 19.0 Å². The molecule has 0 spiro atoms. The number of carbonyl (C=O) groups is 1. The van der Waals surface area contributed by atoms with Crippen molar-refractivity contribution in [2.75, 3.05) is 45.8 Å². The minimum absolute atomic E-state index is 0.0317. The number of anilines is 1. The van der Waals surface area contributed by atoms with E-state index in [-0.39, 0.29) is 23.6 Å². The first-order valence-electron chi connectivity index (χ1n) is 12.6. The maximum Gasteiger partial charge on any atom is 0.266 e. The lowest BCUT2D eigenvalue weighted by Gasteiger charge is -2.22. The molecule has 1 amide bonds. The summed E-state index contributed by atoms with van der Waals surface area (Å²) in [4.78, 5) is 35.7. The van der Waals surface area contributed by atoms with Crippen LogP contribution in [0.2, 0.25) is 0 Å². The highest BCUT2D eigenvalue weighted by Gasteiger charge is 2.21. The molecule has 1 aromatic carbocycles. The second kappa shape index (κ2) is 14.0. The molecule has 1 atom stereocenters. The second-order valence-corrected chi connectivity index (χ2v) is 9.17. The van der Waals surface area contributed by atoms with Crippen molar-refractivity contribution < 1.29 is 27.4 Å². The number of ether oxygens (including phenoxy) is 2. The van der Waals surface area contributed by atoms with Crippen molar-refractivity contribution in [3.63, 3.8) is 0 Å². The van der Waals surface area contributed by atoms with Crippen molar-refractivity contribution in [2.45, 2.75) is 38.7 Å². The van der Waals surface area contributed by atoms with Gasteiger partial charge in [-0.3, -0.25) is 14.2 Å². The zero-order valence-corrected chi connectivity index (χ0v) is 22.5. The van der Waals surface area contributed by atoms with Gasteiger partial charge in [0.15, 0.2) is 0 Å². The average molecular weight is 550 g/mol. The van der Waals surface area contributed by atoms with Gasteiger partial charge in [0.05, 0.1) is 17.0 Å². The first-order chi connectivity index (χ1) is 18.7. The van der Waals surface area contributed by atoms with Crippen LogP contribution in [-0.4, -0.2) is 65.9 Å². The Bertz CT molecular complexity index is 1330. The van der Waals surface area contributed by atoms with Gasteiger partial charge in [0.1, 0.15) is 30.2 Å². The predicted octanol–water partition coefficient (Wildman–Crippen LogP) is 4.02. The Morgan fingerprint density at radius 1 is 1.13 bits per heavy atom. The van der Waals surface area contributed by atoms with Crippen LogP contribution in [0.5, 0.6) is 0 Å². The van der Waals surface area contributed by atoms with E-state index in [0.717, 1.165) is 6.07 Å². The molecule has 0 saturated heterocycles. The first kappa shape index (κ1) is 30.0. The van der Waals surface area contributed by atoms with Crippen molar-refractivity contribution in [1.29, 1.82) is 0 Å². The number of alkyl halides is 2. The van der Waals surface area contributed by atoms with E-state index >= 15 is 0 Å². The number of rotatable bonds is 14. The summed E-state index contributed by atoms with van der Waals surface area (Å²) in [5, 5.41) is 3.61. The number of nitrogens with zero attached hydrogens (tertiary/aromatic N) is 4. The van der Waals surface area contributed by atoms with E-state index < -0.39 is 23.8 Å². The van der Waals surface area contributed by atoms with Gasteiger partial charge in [-0.25, -0.2) is 23.1 Å². The molecule has 2 heterocycles. The van der Waals surface area contributed by atoms with E-state index in [1.54, 1.807) is 32.0 Å². The van der Waals surface area contributed by atoms with Crippen molar-refractivity contribution >= 4 is 22.8 Å². The summed E-state index contributed by atoms with van der Waals surface area (Å²) in [5.41, 5.74) is 0.0340. The topological polar surface area (TPSA) is 98.6 Å². The Balaban J connectivity index is 1.84. The molecule has 0 aliphatic heterocycles. The Hall–Kier alpha value is -3.51. The summed E-state index contributed by atoms with van der Waals surface area (Å²) in [5.74, 6) is -0.781. The molecule has 212 valence electrons. The summed E-state index contributed by atoms with van der Waals surface area (Å²) < 4.78 is 52.6. The van der Waals surface area contributed by atoms with E-state index in [1.807, 2.05) is 0 Å². The number of carbonyl (C=O) groups excluding carboxylic acids is 1. The van der Waals surface area contributed by atoms with Crippen LogP contribution in [0.15, 0.2) is 35.4 Å². The summed E-state index contributed by atoms with van der Waals surface area (Å²) in [6, 6.07) is 4.86. The van der Waals surface area contributed by atoms with E-state index in [0.29, 0.717) is 61.4 Å². The lowest BCUT2D eigenvalue weighted by Crippen LogP contribution is -2.36. The zero-order valence-electron chi connectivity index (χ0n) is 22.5. The van der Waals surface area contributed by atoms with Crippen LogP contribution >= 0.6 is 0 Å². The number of halogens is 3. The molecule has 3 rings (SSSR count). The summed E-state index contributed by atoms with van der Waals surface area (Å²) >= 11 is 0. The maximum atomic E-state index is 14.7. The van der Waals surface area contributed by atoms with Crippen LogP contribution in [0.25, 0.3) is 11.0 Å². The van der Waals surface area contributed by atoms with Gasteiger partial charge in [-0.2, -0.15) is 0 Å². The standard InChI is InChI=1S/C27H34F3N5O4/c1-17(19-9-5-10-20(23(19)28)24(29)30)33-25-21-14-18(27(37)34(2)26(21)32-16-31-25)8-6-11-35(12-7-13-38-3)22(36)15-39-4/h5,9-10,14,16-17,24H,6-8,11-13,15H2,1-4H3,(H,31,32,33)/t17-/m1/s1. The molecule has 12 heteroatoms. The number of fused-ring (bicyclic) bond motifs is 1. The number of benzene rings is 1. The fraction of sp³-hybridized carbons (Fsp3) is 0.481. The van der Waals surface area contributed by atoms with E-state index in [1.165, 1.54) is 30.1 Å². The van der Waals surface area contributed by atoms with Gasteiger partial charge >= 0.3 is 0 Å². The summed E-state index contributed by atoms with van der Waals surface area (Å²) in [7, 11) is 4.66. The largest absolute Gasteiger partial charge is 0.385 e. The Kier molecular flexibility index (Phi) is 10.8. The highest BCUT2D eigenvalue weighted by molar-refractivity contribution is 5.87. The minimum atomic E-state index is -2.94. The van der Waals surface area contributed by atoms with Crippen molar-refractivity contribution in [3.05, 3.63) is 63.5 Å². The van der Waals surface area contributed by atoms with Crippen LogP contribution in [0.1, 0.15) is 48.9 Å². The highest BCUT2D eigenvalue weighted by atomic mass is 19.3. The molecular formula is C27H34F3N5O4. The molecule has 9 nitrogen and oxygen atoms in total. The molecule has 0 aliphatic carbocycles. The number of pyridine rings is 1. The number of amides is 1. The van der Waals surface area contributed by atoms with Gasteiger partial charge in [-0.1, -0.05) is 18.2 Å². The van der Waals surface area contributed by atoms with E-state index in [2.05, 4.69) is 15.3 Å². The number of methoxy groups -OCH3 is 2. The van der Waals surface area contributed by atoms with Gasteiger partial charge in [0, 0.05) is 52.1 Å². The van der Waals surface area contributed by atoms with Crippen molar-refractivity contribution in [2.24, 2.45) is 7.05 Å². The van der Waals surface area contributed by atoms with Crippen molar-refractivity contribution in [1.82, 2.24) is 19.4 Å². The molecule has 2 aromatic heterocycles. The van der Waals surface area contributed by atoms with Crippen LogP contribution < -0.4 is 10.9 Å². The lowest BCUT2D eigenvalue weighted by molar-refractivity contribution is -0.135. The number of nitrogens with one attached hydrogen (secondary N) is 1. The molecule has 1 N–H and O–H groups in total. The monoisotopic (exact) mass is 549 g/mol. The Labute approximate surface area is 225 Å². The SMILES string of the molecule is COCCCN(CCCc1cc2c(N[C@H](C)c3cccc(C(F)F)c3F)ncnc2n(C)c1=O)C(=O)COC. The molecule has 0 saturated carbocycles. The highest BCUT2D eigenvalue weighted by Crippen LogP contribution is 2.30. The van der Waals surface area contributed by atoms with Crippen LogP contribution in [0.3, 0.4) is 0 Å². The Morgan fingerprint density at radius 3 is 2.54 bits per heavy atom. The molecule has 0 bridgehead atoms. The minimum Gasteiger partial charge on any atom is -0.385 e. The van der Waals surface area contributed by atoms with Gasteiger partial charge in [0.25, 0.3) is 12.0 Å². The van der Waals surface area contributed by atoms with Gasteiger partial charge in [-0.15, -0.1) is 0 Å². The zero-order chi connectivity index (χ0) is 28.5. The third kappa shape index (κ3) is 7.33. The van der Waals surface area contributed by atoms with Gasteiger partial charge < -0.3 is 19.7 Å². The maximum absolute atomic E-state index is 14.7. The predicted molar refractivity (Wildman–Crippen MR) is 141 cm³/mol. The molecule has 0 fully saturated rings. The number of aromatic nitrogens is 3. The number of aryl methyl sites for hydroxylation is 2. The van der Waals surface area contributed by atoms with Gasteiger partial charge in [-0.05, 0) is 32.3 Å². The fourth-order valence-electron chi connectivity index (χ4n) is 4.42. The number of hydrogen-bond donors (Lipinski definition) is 1. The fourth-order valence-corrected chi connectivity index (χ4v) is 4.42. The smallest absolute Gasteiger partial charge is 0.266 e. The first-order valence-corrected chi connectivity index (χ1v) is 12.6. The van der Waals surface area contributed by atoms with E-state index in [4.69, 9.17) is 9.47 Å². The quantitative estimate of drug-likeness (QED) is 0.303. The summed E-state index contributed by atoms with van der Waals surface area (Å²) in [6.45, 7) is 3.07. The molecule has 0 aliphatic rings. The average Bonchev–Trinajstić information content (AvgIpc) is 2.91. The molecular weight excluding hydrogens is 515 g/mol. The number of hydrogen-bond acceptors (Lipinski definition) is 7. The molecule has 0 unspecified atom stereocenters. The lowest BCUT2D eigenvalue weighted by atomic mass is 10.0. The van der Waals surface area contributed by atoms with Gasteiger partial charge in [0.2, 0.25) is 5.91 Å². The molecule has 0 radical (unpaired) electrons.